The van der Waals surface area contributed by atoms with Gasteiger partial charge in [0.25, 0.3) is 0 Å². The number of rotatable bonds is 4. The van der Waals surface area contributed by atoms with E-state index in [9.17, 15) is 0 Å². The molecule has 0 aromatic heterocycles. The molecule has 3 N–H and O–H groups in total. The van der Waals surface area contributed by atoms with Crippen LogP contribution in [0.25, 0.3) is 0 Å². The summed E-state index contributed by atoms with van der Waals surface area (Å²) in [5, 5.41) is 3.25. The van der Waals surface area contributed by atoms with Crippen LogP contribution in [0.2, 0.25) is 0 Å². The first-order valence-electron chi connectivity index (χ1n) is 6.72. The molecule has 2 aliphatic carbocycles. The van der Waals surface area contributed by atoms with Gasteiger partial charge in [0.2, 0.25) is 0 Å². The van der Waals surface area contributed by atoms with Crippen molar-refractivity contribution in [1.82, 2.24) is 5.32 Å². The summed E-state index contributed by atoms with van der Waals surface area (Å²) < 4.78 is 0. The van der Waals surface area contributed by atoms with E-state index < -0.39 is 0 Å². The molecule has 0 aromatic rings. The molecule has 0 radical (unpaired) electrons. The molecule has 0 heterocycles. The van der Waals surface area contributed by atoms with Gasteiger partial charge >= 0.3 is 0 Å². The fourth-order valence-corrected chi connectivity index (χ4v) is 2.66. The summed E-state index contributed by atoms with van der Waals surface area (Å²) in [7, 11) is 0. The van der Waals surface area contributed by atoms with E-state index in [2.05, 4.69) is 17.2 Å². The molecule has 0 spiro atoms. The van der Waals surface area contributed by atoms with Crippen LogP contribution in [0, 0.1) is 11.3 Å². The van der Waals surface area contributed by atoms with Gasteiger partial charge in [-0.15, -0.1) is 0 Å². The fraction of sp³-hybridized carbons (Fsp3) is 0.923. The van der Waals surface area contributed by atoms with Gasteiger partial charge in [-0.05, 0) is 37.0 Å². The van der Waals surface area contributed by atoms with E-state index in [4.69, 9.17) is 5.73 Å². The Morgan fingerprint density at radius 1 is 1.31 bits per heavy atom. The lowest BCUT2D eigenvalue weighted by Gasteiger charge is -2.26. The molecule has 0 unspecified atom stereocenters. The Bertz CT molecular complexity index is 250. The Balaban J connectivity index is 1.68. The highest BCUT2D eigenvalue weighted by atomic mass is 15.1. The maximum Gasteiger partial charge on any atom is 0.188 e. The monoisotopic (exact) mass is 223 g/mol. The van der Waals surface area contributed by atoms with Crippen LogP contribution in [-0.4, -0.2) is 19.0 Å². The number of nitrogens with zero attached hydrogens (tertiary/aromatic N) is 1. The van der Waals surface area contributed by atoms with Crippen molar-refractivity contribution in [2.75, 3.05) is 13.1 Å². The van der Waals surface area contributed by atoms with Crippen LogP contribution in [0.15, 0.2) is 4.99 Å². The molecular formula is C13H25N3. The Hall–Kier alpha value is -0.730. The third kappa shape index (κ3) is 3.13. The molecule has 92 valence electrons. The molecule has 2 aliphatic rings. The van der Waals surface area contributed by atoms with E-state index in [-0.39, 0.29) is 0 Å². The molecule has 16 heavy (non-hydrogen) atoms. The van der Waals surface area contributed by atoms with Gasteiger partial charge in [-0.1, -0.05) is 26.2 Å². The Labute approximate surface area is 98.9 Å². The van der Waals surface area contributed by atoms with E-state index in [0.29, 0.717) is 11.4 Å². The average molecular weight is 223 g/mol. The molecule has 0 aromatic carbocycles. The molecule has 0 bridgehead atoms. The number of guanidine groups is 1. The minimum atomic E-state index is 0.419. The number of hydrogen-bond donors (Lipinski definition) is 2. The van der Waals surface area contributed by atoms with Gasteiger partial charge in [0, 0.05) is 13.1 Å². The quantitative estimate of drug-likeness (QED) is 0.567. The smallest absolute Gasteiger partial charge is 0.188 e. The lowest BCUT2D eigenvalue weighted by Crippen LogP contribution is -2.38. The van der Waals surface area contributed by atoms with Gasteiger partial charge in [0.1, 0.15) is 0 Å². The number of nitrogens with two attached hydrogens (primary N) is 1. The van der Waals surface area contributed by atoms with Gasteiger partial charge in [-0.25, -0.2) is 0 Å². The zero-order chi connectivity index (χ0) is 11.4. The van der Waals surface area contributed by atoms with E-state index >= 15 is 0 Å². The normalized spacial score (nSPS) is 25.4. The second kappa shape index (κ2) is 5.07. The topological polar surface area (TPSA) is 50.4 Å². The van der Waals surface area contributed by atoms with Crippen molar-refractivity contribution >= 4 is 5.96 Å². The fourth-order valence-electron chi connectivity index (χ4n) is 2.66. The van der Waals surface area contributed by atoms with Gasteiger partial charge in [-0.3, -0.25) is 4.99 Å². The summed E-state index contributed by atoms with van der Waals surface area (Å²) in [6, 6.07) is 0. The minimum Gasteiger partial charge on any atom is -0.370 e. The standard InChI is InChI=1S/C13H25N3/c1-13(7-2-3-8-13)10-16-12(14)15-9-11-5-4-6-11/h11H,2-10H2,1H3,(H3,14,15,16). The molecule has 0 atom stereocenters. The largest absolute Gasteiger partial charge is 0.370 e. The summed E-state index contributed by atoms with van der Waals surface area (Å²) in [5.74, 6) is 1.50. The zero-order valence-electron chi connectivity index (χ0n) is 10.5. The summed E-state index contributed by atoms with van der Waals surface area (Å²) in [4.78, 5) is 4.49. The molecule has 3 heteroatoms. The van der Waals surface area contributed by atoms with Crippen LogP contribution in [0.3, 0.4) is 0 Å². The lowest BCUT2D eigenvalue weighted by atomic mass is 9.85. The van der Waals surface area contributed by atoms with Crippen molar-refractivity contribution in [2.24, 2.45) is 22.1 Å². The van der Waals surface area contributed by atoms with Crippen molar-refractivity contribution in [1.29, 1.82) is 0 Å². The predicted molar refractivity (Wildman–Crippen MR) is 68.4 cm³/mol. The molecule has 3 nitrogen and oxygen atoms in total. The van der Waals surface area contributed by atoms with E-state index in [1.165, 1.54) is 44.9 Å². The highest BCUT2D eigenvalue weighted by molar-refractivity contribution is 5.77. The highest BCUT2D eigenvalue weighted by Crippen LogP contribution is 2.37. The van der Waals surface area contributed by atoms with Gasteiger partial charge < -0.3 is 11.1 Å². The molecule has 0 aliphatic heterocycles. The van der Waals surface area contributed by atoms with E-state index in [1.807, 2.05) is 0 Å². The van der Waals surface area contributed by atoms with Crippen molar-refractivity contribution in [3.05, 3.63) is 0 Å². The number of nitrogens with one attached hydrogen (secondary N) is 1. The van der Waals surface area contributed by atoms with Crippen molar-refractivity contribution in [3.63, 3.8) is 0 Å². The van der Waals surface area contributed by atoms with Crippen molar-refractivity contribution in [2.45, 2.75) is 51.9 Å². The third-order valence-electron chi connectivity index (χ3n) is 4.24. The molecular weight excluding hydrogens is 198 g/mol. The second-order valence-electron chi connectivity index (χ2n) is 5.90. The SMILES string of the molecule is CC1(CN=C(N)NCC2CCC2)CCCC1. The maximum atomic E-state index is 5.88. The molecule has 2 fully saturated rings. The summed E-state index contributed by atoms with van der Waals surface area (Å²) in [6.45, 7) is 4.26. The Morgan fingerprint density at radius 3 is 2.56 bits per heavy atom. The Morgan fingerprint density at radius 2 is 2.00 bits per heavy atom. The van der Waals surface area contributed by atoms with Crippen molar-refractivity contribution < 1.29 is 0 Å². The third-order valence-corrected chi connectivity index (χ3v) is 4.24. The number of aliphatic imine (C=N–C) groups is 1. The van der Waals surface area contributed by atoms with Gasteiger partial charge in [0.15, 0.2) is 5.96 Å². The average Bonchev–Trinajstić information content (AvgIpc) is 2.61. The number of hydrogen-bond acceptors (Lipinski definition) is 1. The lowest BCUT2D eigenvalue weighted by molar-refractivity contribution is 0.314. The van der Waals surface area contributed by atoms with Crippen LogP contribution in [-0.2, 0) is 0 Å². The Kier molecular flexibility index (Phi) is 3.72. The van der Waals surface area contributed by atoms with Crippen LogP contribution in [0.5, 0.6) is 0 Å². The highest BCUT2D eigenvalue weighted by Gasteiger charge is 2.28. The van der Waals surface area contributed by atoms with Crippen molar-refractivity contribution in [3.8, 4) is 0 Å². The molecule has 0 amide bonds. The minimum absolute atomic E-state index is 0.419. The summed E-state index contributed by atoms with van der Waals surface area (Å²) in [6.07, 6.45) is 9.46. The van der Waals surface area contributed by atoms with E-state index in [1.54, 1.807) is 0 Å². The first-order chi connectivity index (χ1) is 7.68. The first kappa shape index (κ1) is 11.7. The summed E-state index contributed by atoms with van der Waals surface area (Å²) in [5.41, 5.74) is 6.30. The molecule has 2 rings (SSSR count). The zero-order valence-corrected chi connectivity index (χ0v) is 10.5. The van der Waals surface area contributed by atoms with Crippen LogP contribution >= 0.6 is 0 Å². The second-order valence-corrected chi connectivity index (χ2v) is 5.90. The van der Waals surface area contributed by atoms with Gasteiger partial charge in [0.05, 0.1) is 0 Å². The molecule has 2 saturated carbocycles. The van der Waals surface area contributed by atoms with Crippen LogP contribution in [0.4, 0.5) is 0 Å². The van der Waals surface area contributed by atoms with Gasteiger partial charge in [-0.2, -0.15) is 0 Å². The maximum absolute atomic E-state index is 5.88. The predicted octanol–water partition coefficient (Wildman–Crippen LogP) is 2.27. The van der Waals surface area contributed by atoms with Crippen LogP contribution in [0.1, 0.15) is 51.9 Å². The molecule has 0 saturated heterocycles. The van der Waals surface area contributed by atoms with E-state index in [0.717, 1.165) is 19.0 Å². The van der Waals surface area contributed by atoms with Crippen LogP contribution < -0.4 is 11.1 Å². The first-order valence-corrected chi connectivity index (χ1v) is 6.72. The summed E-state index contributed by atoms with van der Waals surface area (Å²) >= 11 is 0.